The first-order valence-corrected chi connectivity index (χ1v) is 10.8. The molecule has 2 aromatic carbocycles. The highest BCUT2D eigenvalue weighted by Gasteiger charge is 2.16. The van der Waals surface area contributed by atoms with Gasteiger partial charge in [-0.05, 0) is 93.7 Å². The van der Waals surface area contributed by atoms with Crippen LogP contribution in [0.15, 0.2) is 42.5 Å². The van der Waals surface area contributed by atoms with Gasteiger partial charge in [0.05, 0.1) is 19.3 Å². The average Bonchev–Trinajstić information content (AvgIpc) is 3.23. The molecule has 0 aliphatic heterocycles. The van der Waals surface area contributed by atoms with Crippen molar-refractivity contribution < 1.29 is 14.2 Å². The Morgan fingerprint density at radius 2 is 1.66 bits per heavy atom. The van der Waals surface area contributed by atoms with Crippen LogP contribution in [0.25, 0.3) is 0 Å². The summed E-state index contributed by atoms with van der Waals surface area (Å²) >= 11 is 5.43. The highest BCUT2D eigenvalue weighted by atomic mass is 32.1. The molecule has 5 nitrogen and oxygen atoms in total. The first kappa shape index (κ1) is 21.2. The molecule has 1 fully saturated rings. The van der Waals surface area contributed by atoms with Gasteiger partial charge in [0.15, 0.2) is 16.6 Å². The lowest BCUT2D eigenvalue weighted by atomic mass is 10.2. The normalized spacial score (nSPS) is 13.7. The first-order chi connectivity index (χ1) is 14.2. The third-order valence-corrected chi connectivity index (χ3v) is 5.02. The van der Waals surface area contributed by atoms with E-state index < -0.39 is 0 Å². The van der Waals surface area contributed by atoms with Crippen LogP contribution in [0.5, 0.6) is 17.2 Å². The van der Waals surface area contributed by atoms with Crippen LogP contribution in [-0.4, -0.2) is 24.4 Å². The minimum Gasteiger partial charge on any atom is -0.490 e. The minimum absolute atomic E-state index is 0.368. The summed E-state index contributed by atoms with van der Waals surface area (Å²) < 4.78 is 17.3. The fraction of sp³-hybridized carbons (Fsp3) is 0.435. The Hall–Kier alpha value is -2.47. The second-order valence-corrected chi connectivity index (χ2v) is 7.41. The summed E-state index contributed by atoms with van der Waals surface area (Å²) in [5.41, 5.74) is 2.00. The molecule has 1 saturated carbocycles. The molecule has 0 atom stereocenters. The number of benzene rings is 2. The quantitative estimate of drug-likeness (QED) is 0.544. The number of thiocarbonyl (C=S) groups is 1. The Morgan fingerprint density at radius 1 is 0.966 bits per heavy atom. The summed E-state index contributed by atoms with van der Waals surface area (Å²) in [5, 5.41) is 7.02. The Labute approximate surface area is 178 Å². The SMILES string of the molecule is CCOc1ccc(CNC(=S)Nc2ccc(OC3CCCC3)cc2)cc1OCC. The molecule has 0 heterocycles. The number of nitrogens with one attached hydrogen (secondary N) is 2. The van der Waals surface area contributed by atoms with Gasteiger partial charge < -0.3 is 24.8 Å². The number of hydrogen-bond acceptors (Lipinski definition) is 4. The van der Waals surface area contributed by atoms with Crippen molar-refractivity contribution in [1.29, 1.82) is 0 Å². The number of ether oxygens (including phenoxy) is 3. The number of hydrogen-bond donors (Lipinski definition) is 2. The molecule has 0 radical (unpaired) electrons. The van der Waals surface area contributed by atoms with Crippen molar-refractivity contribution in [2.24, 2.45) is 0 Å². The van der Waals surface area contributed by atoms with Crippen molar-refractivity contribution in [1.82, 2.24) is 5.32 Å². The average molecular weight is 415 g/mol. The number of anilines is 1. The van der Waals surface area contributed by atoms with E-state index in [0.29, 0.717) is 31.0 Å². The van der Waals surface area contributed by atoms with Crippen molar-refractivity contribution in [2.45, 2.75) is 52.2 Å². The Balaban J connectivity index is 1.49. The molecule has 0 amide bonds. The van der Waals surface area contributed by atoms with Gasteiger partial charge in [-0.25, -0.2) is 0 Å². The molecule has 6 heteroatoms. The molecule has 2 N–H and O–H groups in total. The van der Waals surface area contributed by atoms with Gasteiger partial charge >= 0.3 is 0 Å². The second kappa shape index (κ2) is 10.9. The van der Waals surface area contributed by atoms with Crippen molar-refractivity contribution in [3.63, 3.8) is 0 Å². The molecule has 0 saturated heterocycles. The second-order valence-electron chi connectivity index (χ2n) is 7.00. The van der Waals surface area contributed by atoms with E-state index in [-0.39, 0.29) is 0 Å². The van der Waals surface area contributed by atoms with E-state index in [2.05, 4.69) is 10.6 Å². The third kappa shape index (κ3) is 6.53. The molecule has 156 valence electrons. The van der Waals surface area contributed by atoms with E-state index in [4.69, 9.17) is 26.4 Å². The maximum Gasteiger partial charge on any atom is 0.171 e. The Bertz CT molecular complexity index is 789. The standard InChI is InChI=1S/C23H30N2O3S/c1-3-26-21-14-9-17(15-22(21)27-4-2)16-24-23(29)25-18-10-12-20(13-11-18)28-19-7-5-6-8-19/h9-15,19H,3-8,16H2,1-2H3,(H2,24,25,29). The summed E-state index contributed by atoms with van der Waals surface area (Å²) in [6.45, 7) is 5.72. The molecular weight excluding hydrogens is 384 g/mol. The van der Waals surface area contributed by atoms with Crippen LogP contribution in [0.4, 0.5) is 5.69 Å². The minimum atomic E-state index is 0.368. The van der Waals surface area contributed by atoms with Gasteiger partial charge in [-0.15, -0.1) is 0 Å². The van der Waals surface area contributed by atoms with E-state index in [1.165, 1.54) is 12.8 Å². The lowest BCUT2D eigenvalue weighted by Gasteiger charge is -2.15. The van der Waals surface area contributed by atoms with Gasteiger partial charge in [-0.3, -0.25) is 0 Å². The summed E-state index contributed by atoms with van der Waals surface area (Å²) in [6, 6.07) is 13.9. The largest absolute Gasteiger partial charge is 0.490 e. The van der Waals surface area contributed by atoms with Crippen molar-refractivity contribution in [3.8, 4) is 17.2 Å². The Kier molecular flexibility index (Phi) is 7.99. The van der Waals surface area contributed by atoms with E-state index in [0.717, 1.165) is 41.3 Å². The monoisotopic (exact) mass is 414 g/mol. The molecule has 0 aromatic heterocycles. The molecule has 3 rings (SSSR count). The molecule has 1 aliphatic carbocycles. The molecular formula is C23H30N2O3S. The zero-order valence-corrected chi connectivity index (χ0v) is 18.0. The maximum atomic E-state index is 6.00. The van der Waals surface area contributed by atoms with Crippen molar-refractivity contribution in [3.05, 3.63) is 48.0 Å². The molecule has 29 heavy (non-hydrogen) atoms. The predicted octanol–water partition coefficient (Wildman–Crippen LogP) is 5.29. The van der Waals surface area contributed by atoms with E-state index >= 15 is 0 Å². The number of rotatable bonds is 9. The summed E-state index contributed by atoms with van der Waals surface area (Å²) in [5.74, 6) is 2.43. The van der Waals surface area contributed by atoms with Crippen LogP contribution in [0.3, 0.4) is 0 Å². The van der Waals surface area contributed by atoms with Gasteiger partial charge in [0.25, 0.3) is 0 Å². The van der Waals surface area contributed by atoms with Crippen molar-refractivity contribution >= 4 is 23.0 Å². The van der Waals surface area contributed by atoms with E-state index in [1.54, 1.807) is 0 Å². The fourth-order valence-electron chi connectivity index (χ4n) is 3.38. The van der Waals surface area contributed by atoms with Crippen LogP contribution in [0, 0.1) is 0 Å². The highest BCUT2D eigenvalue weighted by Crippen LogP contribution is 2.28. The van der Waals surface area contributed by atoms with Crippen LogP contribution in [0.1, 0.15) is 45.1 Å². The summed E-state index contributed by atoms with van der Waals surface area (Å²) in [4.78, 5) is 0. The topological polar surface area (TPSA) is 51.8 Å². The highest BCUT2D eigenvalue weighted by molar-refractivity contribution is 7.80. The van der Waals surface area contributed by atoms with Crippen LogP contribution >= 0.6 is 12.2 Å². The van der Waals surface area contributed by atoms with Crippen LogP contribution in [-0.2, 0) is 6.54 Å². The van der Waals surface area contributed by atoms with Gasteiger partial charge in [-0.1, -0.05) is 6.07 Å². The smallest absolute Gasteiger partial charge is 0.171 e. The zero-order chi connectivity index (χ0) is 20.5. The molecule has 2 aromatic rings. The van der Waals surface area contributed by atoms with Gasteiger partial charge in [0.2, 0.25) is 0 Å². The molecule has 1 aliphatic rings. The van der Waals surface area contributed by atoms with E-state index in [1.807, 2.05) is 56.3 Å². The van der Waals surface area contributed by atoms with Crippen LogP contribution < -0.4 is 24.8 Å². The van der Waals surface area contributed by atoms with E-state index in [9.17, 15) is 0 Å². The fourth-order valence-corrected chi connectivity index (χ4v) is 3.57. The molecule has 0 spiro atoms. The maximum absolute atomic E-state index is 6.00. The molecule has 0 bridgehead atoms. The molecule has 0 unspecified atom stereocenters. The third-order valence-electron chi connectivity index (χ3n) is 4.78. The summed E-state index contributed by atoms with van der Waals surface area (Å²) in [6.07, 6.45) is 5.22. The first-order valence-electron chi connectivity index (χ1n) is 10.4. The van der Waals surface area contributed by atoms with Gasteiger partial charge in [-0.2, -0.15) is 0 Å². The van der Waals surface area contributed by atoms with Crippen molar-refractivity contribution in [2.75, 3.05) is 18.5 Å². The summed E-state index contributed by atoms with van der Waals surface area (Å²) in [7, 11) is 0. The lowest BCUT2D eigenvalue weighted by Crippen LogP contribution is -2.27. The van der Waals surface area contributed by atoms with Gasteiger partial charge in [0, 0.05) is 12.2 Å². The Morgan fingerprint density at radius 3 is 2.34 bits per heavy atom. The lowest BCUT2D eigenvalue weighted by molar-refractivity contribution is 0.210. The van der Waals surface area contributed by atoms with Crippen LogP contribution in [0.2, 0.25) is 0 Å². The predicted molar refractivity (Wildman–Crippen MR) is 121 cm³/mol. The zero-order valence-electron chi connectivity index (χ0n) is 17.2. The van der Waals surface area contributed by atoms with Gasteiger partial charge in [0.1, 0.15) is 5.75 Å².